The molecule has 0 heterocycles. The highest BCUT2D eigenvalue weighted by atomic mass is 16.7. The van der Waals surface area contributed by atoms with E-state index in [9.17, 15) is 4.79 Å². The van der Waals surface area contributed by atoms with Crippen LogP contribution in [0.2, 0.25) is 0 Å². The van der Waals surface area contributed by atoms with Crippen LogP contribution in [0, 0.1) is 6.92 Å². The molecule has 92 valence electrons. The lowest BCUT2D eigenvalue weighted by Crippen LogP contribution is -2.03. The van der Waals surface area contributed by atoms with Crippen molar-refractivity contribution in [1.29, 1.82) is 0 Å². The van der Waals surface area contributed by atoms with E-state index in [0.717, 1.165) is 17.2 Å². The smallest absolute Gasteiger partial charge is 0.328 e. The molecule has 0 bridgehead atoms. The van der Waals surface area contributed by atoms with Crippen molar-refractivity contribution in [1.82, 2.24) is 0 Å². The zero-order chi connectivity index (χ0) is 12.7. The quantitative estimate of drug-likeness (QED) is 0.468. The molecule has 17 heavy (non-hydrogen) atoms. The summed E-state index contributed by atoms with van der Waals surface area (Å²) < 4.78 is 10.5. The molecule has 4 nitrogen and oxygen atoms in total. The maximum absolute atomic E-state index is 10.5. The van der Waals surface area contributed by atoms with Gasteiger partial charge in [-0.2, -0.15) is 0 Å². The fourth-order valence-electron chi connectivity index (χ4n) is 1.28. The van der Waals surface area contributed by atoms with Gasteiger partial charge >= 0.3 is 5.97 Å². The van der Waals surface area contributed by atoms with Gasteiger partial charge in [0.25, 0.3) is 0 Å². The lowest BCUT2D eigenvalue weighted by atomic mass is 10.1. The molecule has 0 aliphatic carbocycles. The predicted octanol–water partition coefficient (Wildman–Crippen LogP) is 2.47. The number of aliphatic carboxylic acids is 1. The summed E-state index contributed by atoms with van der Waals surface area (Å²) in [5, 5.41) is 8.60. The van der Waals surface area contributed by atoms with Gasteiger partial charge in [-0.15, -0.1) is 0 Å². The molecule has 0 fully saturated rings. The van der Waals surface area contributed by atoms with Gasteiger partial charge in [-0.1, -0.05) is 11.6 Å². The van der Waals surface area contributed by atoms with Crippen molar-refractivity contribution in [3.63, 3.8) is 0 Å². The first-order valence-corrected chi connectivity index (χ1v) is 5.35. The Labute approximate surface area is 100 Å². The highest BCUT2D eigenvalue weighted by Gasteiger charge is 2.02. The highest BCUT2D eigenvalue weighted by Crippen LogP contribution is 2.21. The first kappa shape index (κ1) is 13.3. The summed E-state index contributed by atoms with van der Waals surface area (Å²) >= 11 is 0. The number of carbonyl (C=O) groups is 1. The molecule has 0 unspecified atom stereocenters. The normalized spacial score (nSPS) is 10.7. The van der Waals surface area contributed by atoms with Crippen molar-refractivity contribution in [2.75, 3.05) is 13.4 Å². The Kier molecular flexibility index (Phi) is 5.23. The molecule has 0 saturated heterocycles. The number of aryl methyl sites for hydroxylation is 1. The van der Waals surface area contributed by atoms with Gasteiger partial charge in [0.05, 0.1) is 0 Å². The molecule has 0 atom stereocenters. The second-order valence-corrected chi connectivity index (χ2v) is 3.47. The Bertz CT molecular complexity index is 410. The van der Waals surface area contributed by atoms with E-state index < -0.39 is 5.97 Å². The molecule has 0 aliphatic rings. The Morgan fingerprint density at radius 1 is 1.47 bits per heavy atom. The van der Waals surface area contributed by atoms with Crippen molar-refractivity contribution in [2.45, 2.75) is 13.8 Å². The number of rotatable bonds is 6. The van der Waals surface area contributed by atoms with Crippen molar-refractivity contribution < 1.29 is 19.4 Å². The largest absolute Gasteiger partial charge is 0.478 e. The standard InChI is InChI=1S/C13H16O4/c1-3-16-9-17-12-6-4-10(2)8-11(12)5-7-13(14)15/h4-8H,3,9H2,1-2H3,(H,14,15). The average molecular weight is 236 g/mol. The van der Waals surface area contributed by atoms with E-state index in [1.54, 1.807) is 6.07 Å². The lowest BCUT2D eigenvalue weighted by Gasteiger charge is -2.09. The fourth-order valence-corrected chi connectivity index (χ4v) is 1.28. The van der Waals surface area contributed by atoms with Crippen LogP contribution in [-0.4, -0.2) is 24.5 Å². The minimum Gasteiger partial charge on any atom is -0.478 e. The van der Waals surface area contributed by atoms with Crippen LogP contribution in [-0.2, 0) is 9.53 Å². The molecule has 0 amide bonds. The van der Waals surface area contributed by atoms with Crippen LogP contribution in [0.1, 0.15) is 18.1 Å². The molecular formula is C13H16O4. The first-order chi connectivity index (χ1) is 8.13. The number of carboxylic acid groups (broad SMARTS) is 1. The van der Waals surface area contributed by atoms with Crippen LogP contribution in [0.5, 0.6) is 5.75 Å². The number of ether oxygens (including phenoxy) is 2. The fraction of sp³-hybridized carbons (Fsp3) is 0.308. The molecule has 0 radical (unpaired) electrons. The summed E-state index contributed by atoms with van der Waals surface area (Å²) in [6, 6.07) is 5.57. The van der Waals surface area contributed by atoms with Crippen LogP contribution in [0.25, 0.3) is 6.08 Å². The van der Waals surface area contributed by atoms with E-state index in [4.69, 9.17) is 14.6 Å². The van der Waals surface area contributed by atoms with Gasteiger partial charge in [0.2, 0.25) is 0 Å². The Morgan fingerprint density at radius 2 is 2.24 bits per heavy atom. The molecular weight excluding hydrogens is 220 g/mol. The summed E-state index contributed by atoms with van der Waals surface area (Å²) in [4.78, 5) is 10.5. The highest BCUT2D eigenvalue weighted by molar-refractivity contribution is 5.85. The molecule has 1 aromatic rings. The van der Waals surface area contributed by atoms with Crippen molar-refractivity contribution in [2.24, 2.45) is 0 Å². The van der Waals surface area contributed by atoms with Crippen molar-refractivity contribution in [3.8, 4) is 5.75 Å². The summed E-state index contributed by atoms with van der Waals surface area (Å²) in [7, 11) is 0. The van der Waals surface area contributed by atoms with E-state index >= 15 is 0 Å². The monoisotopic (exact) mass is 236 g/mol. The summed E-state index contributed by atoms with van der Waals surface area (Å²) in [5.74, 6) is -0.371. The van der Waals surface area contributed by atoms with Gasteiger partial charge in [-0.05, 0) is 32.1 Å². The zero-order valence-electron chi connectivity index (χ0n) is 9.97. The number of hydrogen-bond acceptors (Lipinski definition) is 3. The van der Waals surface area contributed by atoms with Crippen molar-refractivity contribution >= 4 is 12.0 Å². The van der Waals surface area contributed by atoms with Crippen LogP contribution in [0.15, 0.2) is 24.3 Å². The van der Waals surface area contributed by atoms with Gasteiger partial charge in [0.1, 0.15) is 5.75 Å². The van der Waals surface area contributed by atoms with Gasteiger partial charge in [-0.3, -0.25) is 0 Å². The van der Waals surface area contributed by atoms with Gasteiger partial charge in [0.15, 0.2) is 6.79 Å². The van der Waals surface area contributed by atoms with E-state index in [1.165, 1.54) is 6.08 Å². The number of hydrogen-bond donors (Lipinski definition) is 1. The second kappa shape index (κ2) is 6.70. The molecule has 4 heteroatoms. The Hall–Kier alpha value is -1.81. The third-order valence-electron chi connectivity index (χ3n) is 2.07. The molecule has 0 spiro atoms. The minimum atomic E-state index is -0.984. The third kappa shape index (κ3) is 4.70. The van der Waals surface area contributed by atoms with E-state index in [1.807, 2.05) is 26.0 Å². The van der Waals surface area contributed by atoms with E-state index in [0.29, 0.717) is 12.4 Å². The maximum Gasteiger partial charge on any atom is 0.328 e. The van der Waals surface area contributed by atoms with Gasteiger partial charge in [0, 0.05) is 18.2 Å². The predicted molar refractivity (Wildman–Crippen MR) is 65.0 cm³/mol. The minimum absolute atomic E-state index is 0.160. The summed E-state index contributed by atoms with van der Waals surface area (Å²) in [6.45, 7) is 4.55. The Morgan fingerprint density at radius 3 is 2.88 bits per heavy atom. The molecule has 0 aliphatic heterocycles. The van der Waals surface area contributed by atoms with E-state index in [-0.39, 0.29) is 6.79 Å². The van der Waals surface area contributed by atoms with Crippen molar-refractivity contribution in [3.05, 3.63) is 35.4 Å². The van der Waals surface area contributed by atoms with Crippen LogP contribution in [0.4, 0.5) is 0 Å². The molecule has 1 aromatic carbocycles. The maximum atomic E-state index is 10.5. The molecule has 0 aromatic heterocycles. The molecule has 1 N–H and O–H groups in total. The van der Waals surface area contributed by atoms with Gasteiger partial charge < -0.3 is 14.6 Å². The SMILES string of the molecule is CCOCOc1ccc(C)cc1C=CC(=O)O. The van der Waals surface area contributed by atoms with Gasteiger partial charge in [-0.25, -0.2) is 4.79 Å². The molecule has 1 rings (SSSR count). The number of carboxylic acids is 1. The molecule has 0 saturated carbocycles. The van der Waals surface area contributed by atoms with Crippen LogP contribution in [0.3, 0.4) is 0 Å². The summed E-state index contributed by atoms with van der Waals surface area (Å²) in [6.07, 6.45) is 2.60. The topological polar surface area (TPSA) is 55.8 Å². The van der Waals surface area contributed by atoms with Crippen LogP contribution >= 0.6 is 0 Å². The average Bonchev–Trinajstić information content (AvgIpc) is 2.29. The summed E-state index contributed by atoms with van der Waals surface area (Å²) in [5.41, 5.74) is 1.77. The first-order valence-electron chi connectivity index (χ1n) is 5.35. The van der Waals surface area contributed by atoms with Crippen LogP contribution < -0.4 is 4.74 Å². The lowest BCUT2D eigenvalue weighted by molar-refractivity contribution is -0.131. The second-order valence-electron chi connectivity index (χ2n) is 3.47. The number of benzene rings is 1. The zero-order valence-corrected chi connectivity index (χ0v) is 9.97. The third-order valence-corrected chi connectivity index (χ3v) is 2.07. The Balaban J connectivity index is 2.83. The van der Waals surface area contributed by atoms with E-state index in [2.05, 4.69) is 0 Å².